The summed E-state index contributed by atoms with van der Waals surface area (Å²) in [5, 5.41) is 3.03. The second-order valence-corrected chi connectivity index (χ2v) is 11.6. The predicted molar refractivity (Wildman–Crippen MR) is 111 cm³/mol. The van der Waals surface area contributed by atoms with E-state index < -0.39 is 5.43 Å². The van der Waals surface area contributed by atoms with E-state index in [1.165, 1.54) is 21.5 Å². The Morgan fingerprint density at radius 1 is 0.536 bits per heavy atom. The average Bonchev–Trinajstić information content (AvgIpc) is 3.37. The summed E-state index contributed by atoms with van der Waals surface area (Å²) in [6, 6.07) is 38.2. The van der Waals surface area contributed by atoms with E-state index in [4.69, 9.17) is 0 Å². The van der Waals surface area contributed by atoms with E-state index in [2.05, 4.69) is 98.8 Å². The van der Waals surface area contributed by atoms with Crippen LogP contribution in [0.15, 0.2) is 109 Å². The molecular weight excluding hydrogens is 478 g/mol. The van der Waals surface area contributed by atoms with Crippen molar-refractivity contribution in [2.24, 2.45) is 0 Å². The molecule has 0 amide bonds. The summed E-state index contributed by atoms with van der Waals surface area (Å²) in [6.45, 7) is 4.17. The molecule has 0 atom stereocenters. The van der Waals surface area contributed by atoms with Crippen LogP contribution < -0.4 is 35.2 Å². The van der Waals surface area contributed by atoms with E-state index in [1.54, 1.807) is 23.3 Å². The molecule has 0 fully saturated rings. The second kappa shape index (κ2) is 15.7. The van der Waals surface area contributed by atoms with E-state index in [-0.39, 0.29) is 24.8 Å². The summed E-state index contributed by atoms with van der Waals surface area (Å²) in [5.41, 5.74) is 2.23. The SMILES string of the molecule is C[c-]1cccc1.C[c-]1cccc1.[Cl-].[Cl-].[Zr+2]=[Si](c1ccccc1)c1ccccc1. The van der Waals surface area contributed by atoms with Crippen molar-refractivity contribution >= 4 is 15.8 Å². The Hall–Kier alpha value is -1.18. The molecule has 0 saturated carbocycles. The van der Waals surface area contributed by atoms with Gasteiger partial charge in [0.1, 0.15) is 0 Å². The van der Waals surface area contributed by atoms with Gasteiger partial charge >= 0.3 is 99.8 Å². The van der Waals surface area contributed by atoms with E-state index >= 15 is 0 Å². The van der Waals surface area contributed by atoms with Gasteiger partial charge in [-0.2, -0.15) is 35.4 Å². The van der Waals surface area contributed by atoms with Crippen molar-refractivity contribution in [2.75, 3.05) is 0 Å². The van der Waals surface area contributed by atoms with Crippen molar-refractivity contribution in [3.8, 4) is 0 Å². The van der Waals surface area contributed by atoms with Crippen LogP contribution in [0.2, 0.25) is 0 Å². The summed E-state index contributed by atoms with van der Waals surface area (Å²) in [6.07, 6.45) is 0. The summed E-state index contributed by atoms with van der Waals surface area (Å²) >= 11 is 1.64. The number of hydrogen-bond acceptors (Lipinski definition) is 0. The molecule has 0 aromatic heterocycles. The van der Waals surface area contributed by atoms with Gasteiger partial charge in [-0.25, -0.2) is 24.3 Å². The quantitative estimate of drug-likeness (QED) is 0.238. The number of rotatable bonds is 2. The fourth-order valence-electron chi connectivity index (χ4n) is 2.32. The van der Waals surface area contributed by atoms with Crippen LogP contribution in [-0.4, -0.2) is 5.43 Å². The molecule has 0 aliphatic heterocycles. The topological polar surface area (TPSA) is 0 Å². The molecule has 0 N–H and O–H groups in total. The molecule has 0 bridgehead atoms. The molecular formula is C24H24Cl2SiZr-2. The molecule has 4 rings (SSSR count). The summed E-state index contributed by atoms with van der Waals surface area (Å²) < 4.78 is 0. The minimum absolute atomic E-state index is 0. The zero-order valence-corrected chi connectivity index (χ0v) is 21.1. The first kappa shape index (κ1) is 26.8. The molecule has 4 heteroatoms. The Bertz CT molecular complexity index is 782. The van der Waals surface area contributed by atoms with Gasteiger partial charge in [0.2, 0.25) is 0 Å². The van der Waals surface area contributed by atoms with Crippen LogP contribution in [0.1, 0.15) is 11.1 Å². The molecule has 0 radical (unpaired) electrons. The van der Waals surface area contributed by atoms with Crippen molar-refractivity contribution in [1.82, 2.24) is 0 Å². The normalized spacial score (nSPS) is 8.71. The Kier molecular flexibility index (Phi) is 15.0. The zero-order chi connectivity index (χ0) is 18.6. The van der Waals surface area contributed by atoms with Crippen LogP contribution in [0.5, 0.6) is 0 Å². The maximum atomic E-state index is 2.25. The molecule has 0 aliphatic carbocycles. The first-order valence-electron chi connectivity index (χ1n) is 8.73. The standard InChI is InChI=1S/C12H10Si.2C6H7.2ClH.Zr/c1-3-7-11(8-4-1)13-12-9-5-2-6-10-12;2*1-6-4-2-3-5-6;;;/h1-10H;2*2-5H,1H3;2*1H;/q;2*-1;;;+2/p-2. The maximum absolute atomic E-state index is 2.25. The minimum atomic E-state index is -0.455. The number of benzene rings is 2. The van der Waals surface area contributed by atoms with Gasteiger partial charge < -0.3 is 24.8 Å². The van der Waals surface area contributed by atoms with Crippen molar-refractivity contribution < 1.29 is 48.1 Å². The molecule has 4 aromatic carbocycles. The van der Waals surface area contributed by atoms with Gasteiger partial charge in [-0.1, -0.05) is 13.8 Å². The second-order valence-electron chi connectivity index (χ2n) is 6.03. The van der Waals surface area contributed by atoms with Crippen molar-refractivity contribution in [3.05, 3.63) is 120 Å². The van der Waals surface area contributed by atoms with Crippen LogP contribution in [0.4, 0.5) is 0 Å². The first-order valence-corrected chi connectivity index (χ1v) is 13.9. The van der Waals surface area contributed by atoms with Gasteiger partial charge in [-0.15, -0.1) is 0 Å². The molecule has 0 nitrogen and oxygen atoms in total. The summed E-state index contributed by atoms with van der Waals surface area (Å²) in [4.78, 5) is 0. The Morgan fingerprint density at radius 3 is 1.04 bits per heavy atom. The summed E-state index contributed by atoms with van der Waals surface area (Å²) in [7, 11) is 0. The van der Waals surface area contributed by atoms with Gasteiger partial charge in [0, 0.05) is 0 Å². The third-order valence-electron chi connectivity index (χ3n) is 3.78. The molecule has 144 valence electrons. The van der Waals surface area contributed by atoms with Gasteiger partial charge in [-0.05, 0) is 0 Å². The van der Waals surface area contributed by atoms with Crippen LogP contribution in [0, 0.1) is 13.8 Å². The number of halogens is 2. The van der Waals surface area contributed by atoms with Crippen LogP contribution in [0.3, 0.4) is 0 Å². The molecule has 0 spiro atoms. The van der Waals surface area contributed by atoms with Crippen molar-refractivity contribution in [2.45, 2.75) is 13.8 Å². The Morgan fingerprint density at radius 2 is 0.821 bits per heavy atom. The fraction of sp³-hybridized carbons (Fsp3) is 0.0833. The number of hydrogen-bond donors (Lipinski definition) is 0. The van der Waals surface area contributed by atoms with Gasteiger partial charge in [0.25, 0.3) is 0 Å². The Balaban J connectivity index is 0.000000437. The van der Waals surface area contributed by atoms with E-state index in [9.17, 15) is 0 Å². The molecule has 4 aromatic rings. The molecule has 0 unspecified atom stereocenters. The van der Waals surface area contributed by atoms with Gasteiger partial charge in [0.15, 0.2) is 0 Å². The van der Waals surface area contributed by atoms with E-state index in [0.717, 1.165) is 0 Å². The molecule has 28 heavy (non-hydrogen) atoms. The van der Waals surface area contributed by atoms with Crippen LogP contribution >= 0.6 is 0 Å². The predicted octanol–water partition coefficient (Wildman–Crippen LogP) is -1.23. The molecule has 0 aliphatic rings. The third kappa shape index (κ3) is 10.4. The van der Waals surface area contributed by atoms with Crippen molar-refractivity contribution in [1.29, 1.82) is 0 Å². The van der Waals surface area contributed by atoms with E-state index in [0.29, 0.717) is 0 Å². The van der Waals surface area contributed by atoms with Crippen LogP contribution in [-0.2, 0) is 23.3 Å². The van der Waals surface area contributed by atoms with E-state index in [1.807, 2.05) is 24.3 Å². The fourth-order valence-corrected chi connectivity index (χ4v) is 6.16. The average molecular weight is 503 g/mol. The molecule has 0 heterocycles. The zero-order valence-electron chi connectivity index (χ0n) is 16.1. The number of aryl methyl sites for hydroxylation is 2. The summed E-state index contributed by atoms with van der Waals surface area (Å²) in [5.74, 6) is 0. The van der Waals surface area contributed by atoms with Crippen molar-refractivity contribution in [3.63, 3.8) is 0 Å². The first-order chi connectivity index (χ1) is 12.7. The third-order valence-corrected chi connectivity index (χ3v) is 9.86. The Labute approximate surface area is 196 Å². The molecule has 0 saturated heterocycles. The van der Waals surface area contributed by atoms with Gasteiger partial charge in [-0.3, -0.25) is 0 Å². The monoisotopic (exact) mass is 500 g/mol. The van der Waals surface area contributed by atoms with Gasteiger partial charge in [0.05, 0.1) is 0 Å². The van der Waals surface area contributed by atoms with Crippen LogP contribution in [0.25, 0.3) is 0 Å².